The lowest BCUT2D eigenvalue weighted by atomic mass is 9.89. The number of likely N-dealkylation sites (tertiary alicyclic amines) is 1. The first-order valence-corrected chi connectivity index (χ1v) is 12.1. The highest BCUT2D eigenvalue weighted by atomic mass is 19.1. The van der Waals surface area contributed by atoms with Crippen LogP contribution in [0, 0.1) is 11.7 Å². The van der Waals surface area contributed by atoms with Crippen LogP contribution in [0.1, 0.15) is 47.3 Å². The molecule has 3 aromatic rings. The number of amides is 1. The Kier molecular flexibility index (Phi) is 8.22. The number of halogens is 1. The van der Waals surface area contributed by atoms with Crippen LogP contribution in [-0.4, -0.2) is 46.9 Å². The summed E-state index contributed by atoms with van der Waals surface area (Å²) in [5, 5.41) is 14.4. The van der Waals surface area contributed by atoms with Crippen LogP contribution in [-0.2, 0) is 11.3 Å². The number of anilines is 3. The molecule has 9 heteroatoms. The van der Waals surface area contributed by atoms with Gasteiger partial charge in [0.25, 0.3) is 5.91 Å². The zero-order valence-electron chi connectivity index (χ0n) is 20.3. The predicted molar refractivity (Wildman–Crippen MR) is 138 cm³/mol. The van der Waals surface area contributed by atoms with Gasteiger partial charge >= 0.3 is 0 Å². The molecule has 0 aliphatic carbocycles. The minimum Gasteiger partial charge on any atom is -0.379 e. The molecular weight excluding hydrogens is 459 g/mol. The zero-order chi connectivity index (χ0) is 25.5. The molecule has 8 nitrogen and oxygen atoms in total. The Bertz CT molecular complexity index is 1200. The standard InChI is InChI=1S/C27H31FN6O2/c1-18(17-35)16-34-11-9-21(10-12-34)20-5-7-23(8-6-20)31-25-14-24(26(27(29)36)33-32-25)30-15-19-3-2-4-22(28)13-19/h2-8,13-14,17-18,21H,9-12,15-16H2,1H3,(H2,29,36)(H2,30,31,32). The van der Waals surface area contributed by atoms with Gasteiger partial charge in [-0.1, -0.05) is 31.2 Å². The third kappa shape index (κ3) is 6.63. The minimum atomic E-state index is -0.702. The van der Waals surface area contributed by atoms with Crippen LogP contribution < -0.4 is 16.4 Å². The maximum absolute atomic E-state index is 13.5. The normalized spacial score (nSPS) is 15.3. The largest absolute Gasteiger partial charge is 0.379 e. The molecule has 4 rings (SSSR count). The molecule has 0 radical (unpaired) electrons. The predicted octanol–water partition coefficient (Wildman–Crippen LogP) is 4.08. The van der Waals surface area contributed by atoms with Crippen molar-refractivity contribution >= 4 is 29.4 Å². The van der Waals surface area contributed by atoms with Gasteiger partial charge in [0.2, 0.25) is 0 Å². The van der Waals surface area contributed by atoms with Crippen molar-refractivity contribution in [1.82, 2.24) is 15.1 Å². The van der Waals surface area contributed by atoms with E-state index in [0.717, 1.165) is 50.0 Å². The maximum Gasteiger partial charge on any atom is 0.271 e. The SMILES string of the molecule is CC(C=O)CN1CCC(c2ccc(Nc3cc(NCc4cccc(F)c4)c(C(N)=O)nn3)cc2)CC1. The number of hydrogen-bond donors (Lipinski definition) is 3. The molecule has 1 unspecified atom stereocenters. The average molecular weight is 491 g/mol. The van der Waals surface area contributed by atoms with Gasteiger partial charge in [-0.2, -0.15) is 0 Å². The molecule has 0 bridgehead atoms. The van der Waals surface area contributed by atoms with E-state index >= 15 is 0 Å². The molecule has 1 saturated heterocycles. The number of aldehydes is 1. The number of carbonyl (C=O) groups is 2. The minimum absolute atomic E-state index is 0.0150. The molecule has 1 atom stereocenters. The number of rotatable bonds is 10. The second kappa shape index (κ2) is 11.7. The first-order chi connectivity index (χ1) is 17.4. The van der Waals surface area contributed by atoms with E-state index in [4.69, 9.17) is 5.73 Å². The van der Waals surface area contributed by atoms with E-state index in [-0.39, 0.29) is 17.4 Å². The van der Waals surface area contributed by atoms with Crippen molar-refractivity contribution in [1.29, 1.82) is 0 Å². The Balaban J connectivity index is 1.39. The molecule has 4 N–H and O–H groups in total. The van der Waals surface area contributed by atoms with E-state index < -0.39 is 5.91 Å². The quantitative estimate of drug-likeness (QED) is 0.367. The molecular formula is C27H31FN6O2. The van der Waals surface area contributed by atoms with Gasteiger partial charge in [0.15, 0.2) is 11.5 Å². The van der Waals surface area contributed by atoms with Gasteiger partial charge in [0.05, 0.1) is 5.69 Å². The van der Waals surface area contributed by atoms with Crippen LogP contribution in [0.2, 0.25) is 0 Å². The lowest BCUT2D eigenvalue weighted by Crippen LogP contribution is -2.36. The monoisotopic (exact) mass is 490 g/mol. The molecule has 1 aliphatic rings. The number of benzene rings is 2. The van der Waals surface area contributed by atoms with Crippen molar-refractivity contribution < 1.29 is 14.0 Å². The van der Waals surface area contributed by atoms with Gasteiger partial charge in [-0.15, -0.1) is 10.2 Å². The first kappa shape index (κ1) is 25.2. The zero-order valence-corrected chi connectivity index (χ0v) is 20.3. The summed E-state index contributed by atoms with van der Waals surface area (Å²) in [5.74, 6) is -0.0146. The number of piperidine rings is 1. The Morgan fingerprint density at radius 2 is 1.92 bits per heavy atom. The third-order valence-corrected chi connectivity index (χ3v) is 6.42. The number of carbonyl (C=O) groups excluding carboxylic acids is 2. The highest BCUT2D eigenvalue weighted by molar-refractivity contribution is 5.96. The van der Waals surface area contributed by atoms with E-state index in [1.54, 1.807) is 18.2 Å². The molecule has 1 fully saturated rings. The molecule has 0 saturated carbocycles. The van der Waals surface area contributed by atoms with Gasteiger partial charge < -0.3 is 26.1 Å². The van der Waals surface area contributed by atoms with Gasteiger partial charge in [-0.25, -0.2) is 4.39 Å². The number of nitrogens with zero attached hydrogens (tertiary/aromatic N) is 3. The fourth-order valence-electron chi connectivity index (χ4n) is 4.50. The summed E-state index contributed by atoms with van der Waals surface area (Å²) in [6.07, 6.45) is 3.16. The number of nitrogens with two attached hydrogens (primary N) is 1. The van der Waals surface area contributed by atoms with Crippen LogP contribution >= 0.6 is 0 Å². The lowest BCUT2D eigenvalue weighted by Gasteiger charge is -2.33. The summed E-state index contributed by atoms with van der Waals surface area (Å²) in [7, 11) is 0. The Hall–Kier alpha value is -3.85. The molecule has 188 valence electrons. The number of primary amides is 1. The molecule has 2 aromatic carbocycles. The molecule has 1 aliphatic heterocycles. The van der Waals surface area contributed by atoms with E-state index in [0.29, 0.717) is 24.0 Å². The highest BCUT2D eigenvalue weighted by Crippen LogP contribution is 2.30. The van der Waals surface area contributed by atoms with Crippen LogP contribution in [0.4, 0.5) is 21.6 Å². The molecule has 36 heavy (non-hydrogen) atoms. The molecule has 2 heterocycles. The molecule has 0 spiro atoms. The van der Waals surface area contributed by atoms with Crippen molar-refractivity contribution in [3.63, 3.8) is 0 Å². The van der Waals surface area contributed by atoms with Crippen LogP contribution in [0.25, 0.3) is 0 Å². The summed E-state index contributed by atoms with van der Waals surface area (Å²) >= 11 is 0. The number of nitrogens with one attached hydrogen (secondary N) is 2. The van der Waals surface area contributed by atoms with Crippen molar-refractivity contribution in [2.24, 2.45) is 11.7 Å². The summed E-state index contributed by atoms with van der Waals surface area (Å²) in [6, 6.07) is 16.1. The Labute approximate surface area is 210 Å². The summed E-state index contributed by atoms with van der Waals surface area (Å²) in [6.45, 7) is 5.07. The van der Waals surface area contributed by atoms with E-state index in [2.05, 4.69) is 37.9 Å². The van der Waals surface area contributed by atoms with E-state index in [1.807, 2.05) is 19.1 Å². The molecule has 1 aromatic heterocycles. The van der Waals surface area contributed by atoms with Gasteiger partial charge in [0, 0.05) is 30.8 Å². The lowest BCUT2D eigenvalue weighted by molar-refractivity contribution is -0.111. The van der Waals surface area contributed by atoms with Crippen molar-refractivity contribution in [3.8, 4) is 0 Å². The fourth-order valence-corrected chi connectivity index (χ4v) is 4.50. The van der Waals surface area contributed by atoms with Gasteiger partial charge in [-0.05, 0) is 67.2 Å². The third-order valence-electron chi connectivity index (χ3n) is 6.42. The number of hydrogen-bond acceptors (Lipinski definition) is 7. The van der Waals surface area contributed by atoms with Crippen LogP contribution in [0.3, 0.4) is 0 Å². The van der Waals surface area contributed by atoms with Crippen molar-refractivity contribution in [2.75, 3.05) is 30.3 Å². The Morgan fingerprint density at radius 1 is 1.17 bits per heavy atom. The van der Waals surface area contributed by atoms with E-state index in [1.165, 1.54) is 17.7 Å². The second-order valence-corrected chi connectivity index (χ2v) is 9.27. The summed E-state index contributed by atoms with van der Waals surface area (Å²) in [5.41, 5.74) is 8.73. The van der Waals surface area contributed by atoms with Crippen molar-refractivity contribution in [3.05, 3.63) is 77.2 Å². The fraction of sp³-hybridized carbons (Fsp3) is 0.333. The van der Waals surface area contributed by atoms with Gasteiger partial charge in [0.1, 0.15) is 12.1 Å². The molecule has 1 amide bonds. The van der Waals surface area contributed by atoms with Crippen molar-refractivity contribution in [2.45, 2.75) is 32.2 Å². The first-order valence-electron chi connectivity index (χ1n) is 12.1. The highest BCUT2D eigenvalue weighted by Gasteiger charge is 2.21. The second-order valence-electron chi connectivity index (χ2n) is 9.27. The Morgan fingerprint density at radius 3 is 2.58 bits per heavy atom. The van der Waals surface area contributed by atoms with Crippen LogP contribution in [0.15, 0.2) is 54.6 Å². The summed E-state index contributed by atoms with van der Waals surface area (Å²) < 4.78 is 13.5. The average Bonchev–Trinajstić information content (AvgIpc) is 2.88. The van der Waals surface area contributed by atoms with Gasteiger partial charge in [-0.3, -0.25) is 4.79 Å². The van der Waals surface area contributed by atoms with E-state index in [9.17, 15) is 14.0 Å². The smallest absolute Gasteiger partial charge is 0.271 e. The maximum atomic E-state index is 13.5. The summed E-state index contributed by atoms with van der Waals surface area (Å²) in [4.78, 5) is 25.1. The topological polar surface area (TPSA) is 113 Å². The van der Waals surface area contributed by atoms with Crippen LogP contribution in [0.5, 0.6) is 0 Å². The number of aromatic nitrogens is 2.